The van der Waals surface area contributed by atoms with Gasteiger partial charge in [-0.05, 0) is 43.4 Å². The molecule has 0 heterocycles. The lowest BCUT2D eigenvalue weighted by molar-refractivity contribution is -0.136. The van der Waals surface area contributed by atoms with Crippen LogP contribution in [0.25, 0.3) is 0 Å². The Balaban J connectivity index is 3.43. The number of rotatable bonds is 8. The van der Waals surface area contributed by atoms with Crippen molar-refractivity contribution in [1.82, 2.24) is 0 Å². The summed E-state index contributed by atoms with van der Waals surface area (Å²) in [6.45, 7) is 11.7. The van der Waals surface area contributed by atoms with E-state index in [0.29, 0.717) is 31.6 Å². The van der Waals surface area contributed by atoms with E-state index < -0.39 is 28.7 Å². The SMILES string of the molecule is CCCC(=O)C1=C(O)C(CCC(C)C)=C(O)C(O)(CCC(C)(C)C)C1=O. The second-order valence-corrected chi connectivity index (χ2v) is 8.91. The van der Waals surface area contributed by atoms with E-state index in [1.807, 2.05) is 41.5 Å². The molecule has 26 heavy (non-hydrogen) atoms. The van der Waals surface area contributed by atoms with Gasteiger partial charge < -0.3 is 15.3 Å². The summed E-state index contributed by atoms with van der Waals surface area (Å²) in [6.07, 6.45) is 2.07. The zero-order valence-corrected chi connectivity index (χ0v) is 17.0. The van der Waals surface area contributed by atoms with Gasteiger partial charge in [0.2, 0.25) is 5.78 Å². The predicted octanol–water partition coefficient (Wildman–Crippen LogP) is 4.56. The van der Waals surface area contributed by atoms with Crippen LogP contribution < -0.4 is 0 Å². The van der Waals surface area contributed by atoms with Gasteiger partial charge in [0.05, 0.1) is 0 Å². The van der Waals surface area contributed by atoms with E-state index in [1.165, 1.54) is 0 Å². The molecule has 5 heteroatoms. The highest BCUT2D eigenvalue weighted by Gasteiger charge is 2.50. The van der Waals surface area contributed by atoms with Gasteiger partial charge in [0.1, 0.15) is 17.1 Å². The van der Waals surface area contributed by atoms with Crippen molar-refractivity contribution in [2.45, 2.75) is 85.7 Å². The van der Waals surface area contributed by atoms with Crippen LogP contribution in [0.4, 0.5) is 0 Å². The van der Waals surface area contributed by atoms with Crippen LogP contribution in [0, 0.1) is 11.3 Å². The highest BCUT2D eigenvalue weighted by atomic mass is 16.3. The summed E-state index contributed by atoms with van der Waals surface area (Å²) in [5.41, 5.74) is -2.55. The molecule has 0 bridgehead atoms. The Labute approximate surface area is 156 Å². The minimum absolute atomic E-state index is 0.00251. The monoisotopic (exact) mass is 366 g/mol. The standard InChI is InChI=1S/C21H34O5/c1-7-8-15(22)16-17(23)14(10-9-13(2)3)18(24)21(26,19(16)25)12-11-20(4,5)6/h13,23-24,26H,7-12H2,1-6H3. The first-order valence-electron chi connectivity index (χ1n) is 9.51. The van der Waals surface area contributed by atoms with Crippen LogP contribution in [0.1, 0.15) is 80.1 Å². The average Bonchev–Trinajstić information content (AvgIpc) is 2.50. The second-order valence-electron chi connectivity index (χ2n) is 8.91. The van der Waals surface area contributed by atoms with E-state index in [-0.39, 0.29) is 29.4 Å². The van der Waals surface area contributed by atoms with E-state index in [2.05, 4.69) is 0 Å². The molecule has 1 atom stereocenters. The fraction of sp³-hybridized carbons (Fsp3) is 0.714. The van der Waals surface area contributed by atoms with E-state index in [9.17, 15) is 24.9 Å². The van der Waals surface area contributed by atoms with Gasteiger partial charge in [-0.3, -0.25) is 9.59 Å². The molecule has 0 saturated heterocycles. The van der Waals surface area contributed by atoms with Gasteiger partial charge in [0.25, 0.3) is 0 Å². The van der Waals surface area contributed by atoms with Gasteiger partial charge >= 0.3 is 0 Å². The van der Waals surface area contributed by atoms with Crippen LogP contribution in [-0.2, 0) is 9.59 Å². The summed E-state index contributed by atoms with van der Waals surface area (Å²) in [5.74, 6) is -2.04. The summed E-state index contributed by atoms with van der Waals surface area (Å²) in [5, 5.41) is 32.3. The number of aliphatic hydroxyl groups is 3. The fourth-order valence-electron chi connectivity index (χ4n) is 3.00. The Bertz CT molecular complexity index is 619. The maximum Gasteiger partial charge on any atom is 0.209 e. The molecule has 0 amide bonds. The number of hydrogen-bond acceptors (Lipinski definition) is 5. The van der Waals surface area contributed by atoms with Gasteiger partial charge in [-0.15, -0.1) is 0 Å². The van der Waals surface area contributed by atoms with Gasteiger partial charge in [-0.1, -0.05) is 41.5 Å². The van der Waals surface area contributed by atoms with Gasteiger partial charge in [-0.2, -0.15) is 0 Å². The quantitative estimate of drug-likeness (QED) is 0.548. The van der Waals surface area contributed by atoms with Crippen LogP contribution in [-0.4, -0.2) is 32.5 Å². The molecular formula is C21H34O5. The Morgan fingerprint density at radius 1 is 1.19 bits per heavy atom. The van der Waals surface area contributed by atoms with Crippen LogP contribution in [0.3, 0.4) is 0 Å². The number of Topliss-reactive ketones (excluding diaryl/α,β-unsaturated/α-hetero) is 2. The first kappa shape index (κ1) is 22.4. The Kier molecular flexibility index (Phi) is 7.23. The van der Waals surface area contributed by atoms with Crippen molar-refractivity contribution >= 4 is 11.6 Å². The summed E-state index contributed by atoms with van der Waals surface area (Å²) in [7, 11) is 0. The van der Waals surface area contributed by atoms with Crippen molar-refractivity contribution in [1.29, 1.82) is 0 Å². The van der Waals surface area contributed by atoms with Crippen LogP contribution in [0.5, 0.6) is 0 Å². The molecule has 5 nitrogen and oxygen atoms in total. The maximum atomic E-state index is 12.9. The molecule has 1 aliphatic rings. The molecule has 1 aliphatic carbocycles. The number of hydrogen-bond donors (Lipinski definition) is 3. The first-order chi connectivity index (χ1) is 11.8. The van der Waals surface area contributed by atoms with E-state index in [0.717, 1.165) is 0 Å². The normalized spacial score (nSPS) is 21.8. The molecule has 148 valence electrons. The predicted molar refractivity (Wildman–Crippen MR) is 102 cm³/mol. The van der Waals surface area contributed by atoms with Crippen LogP contribution in [0.2, 0.25) is 0 Å². The number of aliphatic hydroxyl groups excluding tert-OH is 2. The minimum Gasteiger partial charge on any atom is -0.508 e. The first-order valence-corrected chi connectivity index (χ1v) is 9.51. The topological polar surface area (TPSA) is 94.8 Å². The lowest BCUT2D eigenvalue weighted by atomic mass is 9.74. The van der Waals surface area contributed by atoms with Crippen molar-refractivity contribution in [3.05, 3.63) is 22.7 Å². The van der Waals surface area contributed by atoms with Gasteiger partial charge in [0.15, 0.2) is 11.4 Å². The highest BCUT2D eigenvalue weighted by molar-refractivity contribution is 6.25. The minimum atomic E-state index is -2.15. The molecule has 0 spiro atoms. The zero-order chi connectivity index (χ0) is 20.3. The molecule has 0 aromatic carbocycles. The number of ketones is 2. The molecular weight excluding hydrogens is 332 g/mol. The number of allylic oxidation sites excluding steroid dienone is 1. The number of carbonyl (C=O) groups is 2. The van der Waals surface area contributed by atoms with E-state index in [1.54, 1.807) is 0 Å². The lowest BCUT2D eigenvalue weighted by Gasteiger charge is -2.34. The lowest BCUT2D eigenvalue weighted by Crippen LogP contribution is -2.47. The van der Waals surface area contributed by atoms with Crippen molar-refractivity contribution in [3.8, 4) is 0 Å². The second kappa shape index (κ2) is 8.38. The van der Waals surface area contributed by atoms with Crippen molar-refractivity contribution in [2.24, 2.45) is 11.3 Å². The summed E-state index contributed by atoms with van der Waals surface area (Å²) < 4.78 is 0. The third-order valence-electron chi connectivity index (χ3n) is 4.77. The molecule has 1 rings (SSSR count). The van der Waals surface area contributed by atoms with Crippen molar-refractivity contribution < 1.29 is 24.9 Å². The van der Waals surface area contributed by atoms with Crippen LogP contribution >= 0.6 is 0 Å². The van der Waals surface area contributed by atoms with E-state index in [4.69, 9.17) is 0 Å². The summed E-state index contributed by atoms with van der Waals surface area (Å²) in [4.78, 5) is 25.3. The summed E-state index contributed by atoms with van der Waals surface area (Å²) >= 11 is 0. The molecule has 0 aliphatic heterocycles. The average molecular weight is 366 g/mol. The van der Waals surface area contributed by atoms with Gasteiger partial charge in [0, 0.05) is 12.0 Å². The molecule has 0 radical (unpaired) electrons. The summed E-state index contributed by atoms with van der Waals surface area (Å²) in [6, 6.07) is 0. The number of carbonyl (C=O) groups excluding carboxylic acids is 2. The molecule has 1 unspecified atom stereocenters. The Hall–Kier alpha value is -1.62. The third kappa shape index (κ3) is 4.97. The van der Waals surface area contributed by atoms with Crippen molar-refractivity contribution in [2.75, 3.05) is 0 Å². The molecule has 0 aromatic rings. The molecule has 0 aromatic heterocycles. The third-order valence-corrected chi connectivity index (χ3v) is 4.77. The largest absolute Gasteiger partial charge is 0.508 e. The molecule has 0 saturated carbocycles. The smallest absolute Gasteiger partial charge is 0.209 e. The molecule has 3 N–H and O–H groups in total. The van der Waals surface area contributed by atoms with Gasteiger partial charge in [-0.25, -0.2) is 0 Å². The Morgan fingerprint density at radius 3 is 2.23 bits per heavy atom. The van der Waals surface area contributed by atoms with Crippen LogP contribution in [0.15, 0.2) is 22.7 Å². The fourth-order valence-corrected chi connectivity index (χ4v) is 3.00. The zero-order valence-electron chi connectivity index (χ0n) is 17.0. The Morgan fingerprint density at radius 2 is 1.77 bits per heavy atom. The van der Waals surface area contributed by atoms with E-state index >= 15 is 0 Å². The highest BCUT2D eigenvalue weighted by Crippen LogP contribution is 2.40. The maximum absolute atomic E-state index is 12.9. The molecule has 0 fully saturated rings. The van der Waals surface area contributed by atoms with Crippen molar-refractivity contribution in [3.63, 3.8) is 0 Å².